The molecule has 0 atom stereocenters. The molecular formula is C11H21NO5S. The van der Waals surface area contributed by atoms with Crippen LogP contribution in [0.2, 0.25) is 0 Å². The van der Waals surface area contributed by atoms with Crippen LogP contribution in [0, 0.1) is 0 Å². The zero-order valence-electron chi connectivity index (χ0n) is 10.7. The third kappa shape index (κ3) is 6.93. The van der Waals surface area contributed by atoms with Gasteiger partial charge in [-0.3, -0.25) is 0 Å². The minimum absolute atomic E-state index is 0.0206. The Hall–Kier alpha value is -0.660. The van der Waals surface area contributed by atoms with E-state index in [4.69, 9.17) is 9.84 Å². The molecule has 1 N–H and O–H groups in total. The summed E-state index contributed by atoms with van der Waals surface area (Å²) in [5.74, 6) is -0.715. The number of ether oxygens (including phenoxy) is 1. The quantitative estimate of drug-likeness (QED) is 0.705. The van der Waals surface area contributed by atoms with Crippen LogP contribution in [-0.2, 0) is 19.4 Å². The highest BCUT2D eigenvalue weighted by Crippen LogP contribution is 2.13. The predicted molar refractivity (Wildman–Crippen MR) is 67.4 cm³/mol. The Bertz CT molecular complexity index is 360. The fraction of sp³-hybridized carbons (Fsp3) is 0.909. The molecule has 106 valence electrons. The van der Waals surface area contributed by atoms with Gasteiger partial charge in [0.1, 0.15) is 16.4 Å². The van der Waals surface area contributed by atoms with Crippen LogP contribution in [0.15, 0.2) is 0 Å². The van der Waals surface area contributed by atoms with E-state index in [-0.39, 0.29) is 18.5 Å². The van der Waals surface area contributed by atoms with Crippen molar-refractivity contribution in [2.24, 2.45) is 0 Å². The maximum absolute atomic E-state index is 11.0. The number of likely N-dealkylation sites (tertiary alicyclic amines) is 1. The molecule has 6 nitrogen and oxygen atoms in total. The van der Waals surface area contributed by atoms with Gasteiger partial charge in [-0.1, -0.05) is 0 Å². The van der Waals surface area contributed by atoms with E-state index >= 15 is 0 Å². The van der Waals surface area contributed by atoms with Crippen molar-refractivity contribution < 1.29 is 23.1 Å². The van der Waals surface area contributed by atoms with Crippen LogP contribution in [0.25, 0.3) is 0 Å². The van der Waals surface area contributed by atoms with E-state index in [0.29, 0.717) is 6.42 Å². The van der Waals surface area contributed by atoms with Crippen LogP contribution in [0.3, 0.4) is 0 Å². The lowest BCUT2D eigenvalue weighted by atomic mass is 10.1. The zero-order valence-corrected chi connectivity index (χ0v) is 11.5. The maximum Gasteiger partial charge on any atom is 0.329 e. The predicted octanol–water partition coefficient (Wildman–Crippen LogP) is -0.0133. The van der Waals surface area contributed by atoms with Crippen molar-refractivity contribution >= 4 is 15.8 Å². The Kier molecular flexibility index (Phi) is 6.04. The number of carbonyl (C=O) groups is 1. The number of carboxylic acids is 1. The Morgan fingerprint density at radius 2 is 2.00 bits per heavy atom. The Morgan fingerprint density at radius 3 is 2.50 bits per heavy atom. The van der Waals surface area contributed by atoms with E-state index in [9.17, 15) is 13.2 Å². The topological polar surface area (TPSA) is 83.9 Å². The molecule has 1 rings (SSSR count). The summed E-state index contributed by atoms with van der Waals surface area (Å²) in [6.45, 7) is 2.22. The Morgan fingerprint density at radius 1 is 1.39 bits per heavy atom. The molecule has 0 aromatic rings. The molecule has 0 aromatic carbocycles. The van der Waals surface area contributed by atoms with Gasteiger partial charge in [-0.2, -0.15) is 0 Å². The van der Waals surface area contributed by atoms with E-state index < -0.39 is 15.8 Å². The normalized spacial score (nSPS) is 18.9. The van der Waals surface area contributed by atoms with Gasteiger partial charge >= 0.3 is 5.97 Å². The summed E-state index contributed by atoms with van der Waals surface area (Å²) >= 11 is 0. The zero-order chi connectivity index (χ0) is 13.6. The molecular weight excluding hydrogens is 258 g/mol. The molecule has 0 spiro atoms. The van der Waals surface area contributed by atoms with Gasteiger partial charge in [0.25, 0.3) is 0 Å². The number of carboxylic acid groups (broad SMARTS) is 1. The summed E-state index contributed by atoms with van der Waals surface area (Å²) in [5.41, 5.74) is 0. The van der Waals surface area contributed by atoms with E-state index in [2.05, 4.69) is 4.90 Å². The van der Waals surface area contributed by atoms with Crippen molar-refractivity contribution in [3.05, 3.63) is 0 Å². The van der Waals surface area contributed by atoms with E-state index in [1.54, 1.807) is 0 Å². The van der Waals surface area contributed by atoms with Crippen LogP contribution in [0.1, 0.15) is 19.3 Å². The van der Waals surface area contributed by atoms with E-state index in [0.717, 1.165) is 32.5 Å². The monoisotopic (exact) mass is 279 g/mol. The number of piperidine rings is 1. The van der Waals surface area contributed by atoms with Crippen molar-refractivity contribution in [2.75, 3.05) is 38.2 Å². The Labute approximate surface area is 108 Å². The van der Waals surface area contributed by atoms with Crippen molar-refractivity contribution in [1.29, 1.82) is 0 Å². The number of hydrogen-bond acceptors (Lipinski definition) is 5. The average Bonchev–Trinajstić information content (AvgIpc) is 2.26. The molecule has 0 aliphatic carbocycles. The molecule has 0 saturated carbocycles. The van der Waals surface area contributed by atoms with Crippen LogP contribution >= 0.6 is 0 Å². The molecule has 1 aliphatic heterocycles. The standard InChI is InChI=1S/C11H21NO5S/c1-18(15,16)8-2-5-12-6-3-10(4-7-12)17-9-11(13)14/h10H,2-9H2,1H3,(H,13,14). The van der Waals surface area contributed by atoms with Crippen LogP contribution in [0.4, 0.5) is 0 Å². The molecule has 0 radical (unpaired) electrons. The first-order valence-electron chi connectivity index (χ1n) is 6.10. The first-order valence-corrected chi connectivity index (χ1v) is 8.16. The fourth-order valence-corrected chi connectivity index (χ4v) is 2.69. The van der Waals surface area contributed by atoms with Crippen LogP contribution in [-0.4, -0.2) is 68.7 Å². The van der Waals surface area contributed by atoms with Gasteiger partial charge in [0, 0.05) is 19.3 Å². The van der Waals surface area contributed by atoms with Crippen LogP contribution in [0.5, 0.6) is 0 Å². The molecule has 0 unspecified atom stereocenters. The molecule has 7 heteroatoms. The molecule has 1 aliphatic rings. The number of nitrogens with zero attached hydrogens (tertiary/aromatic N) is 1. The van der Waals surface area contributed by atoms with E-state index in [1.807, 2.05) is 0 Å². The summed E-state index contributed by atoms with van der Waals surface area (Å²) in [6.07, 6.45) is 3.55. The number of sulfone groups is 1. The van der Waals surface area contributed by atoms with Crippen LogP contribution < -0.4 is 0 Å². The lowest BCUT2D eigenvalue weighted by molar-refractivity contribution is -0.145. The van der Waals surface area contributed by atoms with Gasteiger partial charge in [-0.15, -0.1) is 0 Å². The molecule has 0 aromatic heterocycles. The highest BCUT2D eigenvalue weighted by molar-refractivity contribution is 7.90. The number of hydrogen-bond donors (Lipinski definition) is 1. The molecule has 0 amide bonds. The Balaban J connectivity index is 2.13. The van der Waals surface area contributed by atoms with Gasteiger partial charge in [-0.05, 0) is 25.8 Å². The third-order valence-electron chi connectivity index (χ3n) is 2.97. The lowest BCUT2D eigenvalue weighted by Crippen LogP contribution is -2.38. The number of rotatable bonds is 7. The SMILES string of the molecule is CS(=O)(=O)CCCN1CCC(OCC(=O)O)CC1. The second-order valence-corrected chi connectivity index (χ2v) is 6.99. The van der Waals surface area contributed by atoms with Gasteiger partial charge in [0.15, 0.2) is 0 Å². The van der Waals surface area contributed by atoms with Crippen molar-refractivity contribution in [2.45, 2.75) is 25.4 Å². The molecule has 0 bridgehead atoms. The van der Waals surface area contributed by atoms with Gasteiger partial charge in [0.05, 0.1) is 11.9 Å². The highest BCUT2D eigenvalue weighted by atomic mass is 32.2. The molecule has 1 fully saturated rings. The van der Waals surface area contributed by atoms with Gasteiger partial charge < -0.3 is 14.7 Å². The summed E-state index contributed by atoms with van der Waals surface area (Å²) in [6, 6.07) is 0. The van der Waals surface area contributed by atoms with Crippen molar-refractivity contribution in [3.63, 3.8) is 0 Å². The maximum atomic E-state index is 11.0. The van der Waals surface area contributed by atoms with Crippen molar-refractivity contribution in [3.8, 4) is 0 Å². The summed E-state index contributed by atoms with van der Waals surface area (Å²) in [4.78, 5) is 12.5. The summed E-state index contributed by atoms with van der Waals surface area (Å²) in [7, 11) is -2.87. The second-order valence-electron chi connectivity index (χ2n) is 4.73. The lowest BCUT2D eigenvalue weighted by Gasteiger charge is -2.31. The minimum Gasteiger partial charge on any atom is -0.480 e. The molecule has 1 saturated heterocycles. The first kappa shape index (κ1) is 15.4. The minimum atomic E-state index is -2.87. The molecule has 1 heterocycles. The van der Waals surface area contributed by atoms with E-state index in [1.165, 1.54) is 6.26 Å². The molecule has 18 heavy (non-hydrogen) atoms. The van der Waals surface area contributed by atoms with Gasteiger partial charge in [-0.25, -0.2) is 13.2 Å². The first-order chi connectivity index (χ1) is 8.37. The highest BCUT2D eigenvalue weighted by Gasteiger charge is 2.20. The third-order valence-corrected chi connectivity index (χ3v) is 4.00. The summed E-state index contributed by atoms with van der Waals surface area (Å²) in [5, 5.41) is 8.50. The fourth-order valence-electron chi connectivity index (χ4n) is 2.04. The average molecular weight is 279 g/mol. The van der Waals surface area contributed by atoms with Gasteiger partial charge in [0.2, 0.25) is 0 Å². The number of aliphatic carboxylic acids is 1. The second kappa shape index (κ2) is 7.06. The smallest absolute Gasteiger partial charge is 0.329 e. The largest absolute Gasteiger partial charge is 0.480 e. The van der Waals surface area contributed by atoms with Crippen molar-refractivity contribution in [1.82, 2.24) is 4.90 Å². The summed E-state index contributed by atoms with van der Waals surface area (Å²) < 4.78 is 27.2.